The van der Waals surface area contributed by atoms with E-state index in [0.717, 1.165) is 0 Å². The summed E-state index contributed by atoms with van der Waals surface area (Å²) >= 11 is 0. The van der Waals surface area contributed by atoms with Gasteiger partial charge in [-0.2, -0.15) is 0 Å². The van der Waals surface area contributed by atoms with Gasteiger partial charge in [0.2, 0.25) is 0 Å². The maximum Gasteiger partial charge on any atom is 0.377 e. The number of nitrogen functional groups attached to an aromatic ring is 1. The molecule has 0 saturated heterocycles. The fourth-order valence-corrected chi connectivity index (χ4v) is 1.33. The number of nitrogens with two attached hydrogens (primary N) is 1. The molecule has 1 heterocycles. The van der Waals surface area contributed by atoms with Crippen LogP contribution in [-0.4, -0.2) is 18.2 Å². The SMILES string of the molecule is COC(=O)c1oc2ccc(N)cc2c1O. The molecule has 1 aromatic carbocycles. The van der Waals surface area contributed by atoms with Gasteiger partial charge in [0.05, 0.1) is 12.5 Å². The molecular weight excluding hydrogens is 198 g/mol. The standard InChI is InChI=1S/C10H9NO4/c1-14-10(13)9-8(12)6-4-5(11)2-3-7(6)15-9/h2-4,12H,11H2,1H3. The maximum atomic E-state index is 11.2. The van der Waals surface area contributed by atoms with Crippen molar-refractivity contribution in [2.75, 3.05) is 12.8 Å². The van der Waals surface area contributed by atoms with Crippen LogP contribution in [-0.2, 0) is 4.74 Å². The van der Waals surface area contributed by atoms with E-state index >= 15 is 0 Å². The molecular formula is C10H9NO4. The molecule has 0 unspecified atom stereocenters. The van der Waals surface area contributed by atoms with Gasteiger partial charge in [-0.25, -0.2) is 4.79 Å². The molecule has 15 heavy (non-hydrogen) atoms. The molecule has 78 valence electrons. The van der Waals surface area contributed by atoms with Crippen molar-refractivity contribution in [1.82, 2.24) is 0 Å². The van der Waals surface area contributed by atoms with Crippen molar-refractivity contribution in [3.8, 4) is 5.75 Å². The minimum atomic E-state index is -0.720. The number of methoxy groups -OCH3 is 1. The molecule has 2 aromatic rings. The zero-order valence-electron chi connectivity index (χ0n) is 7.98. The molecule has 0 atom stereocenters. The zero-order valence-corrected chi connectivity index (χ0v) is 7.98. The van der Waals surface area contributed by atoms with Crippen LogP contribution in [0.2, 0.25) is 0 Å². The highest BCUT2D eigenvalue weighted by atomic mass is 16.5. The van der Waals surface area contributed by atoms with Crippen molar-refractivity contribution in [3.63, 3.8) is 0 Å². The van der Waals surface area contributed by atoms with Crippen molar-refractivity contribution in [2.45, 2.75) is 0 Å². The van der Waals surface area contributed by atoms with Gasteiger partial charge in [0.15, 0.2) is 5.75 Å². The third-order valence-corrected chi connectivity index (χ3v) is 2.06. The minimum Gasteiger partial charge on any atom is -0.504 e. The lowest BCUT2D eigenvalue weighted by atomic mass is 10.2. The van der Waals surface area contributed by atoms with Crippen molar-refractivity contribution in [2.24, 2.45) is 0 Å². The Morgan fingerprint density at radius 3 is 2.93 bits per heavy atom. The average Bonchev–Trinajstić information content (AvgIpc) is 2.55. The molecule has 5 heteroatoms. The predicted octanol–water partition coefficient (Wildman–Crippen LogP) is 1.51. The first kappa shape index (κ1) is 9.39. The first-order valence-electron chi connectivity index (χ1n) is 4.23. The molecule has 0 spiro atoms. The molecule has 0 aliphatic carbocycles. The van der Waals surface area contributed by atoms with Crippen molar-refractivity contribution in [3.05, 3.63) is 24.0 Å². The number of hydrogen-bond donors (Lipinski definition) is 2. The lowest BCUT2D eigenvalue weighted by Crippen LogP contribution is -1.98. The first-order valence-corrected chi connectivity index (χ1v) is 4.23. The van der Waals surface area contributed by atoms with Crippen molar-refractivity contribution >= 4 is 22.6 Å². The second kappa shape index (κ2) is 3.20. The van der Waals surface area contributed by atoms with Gasteiger partial charge < -0.3 is 20.0 Å². The van der Waals surface area contributed by atoms with Crippen LogP contribution in [0, 0.1) is 0 Å². The van der Waals surface area contributed by atoms with E-state index in [1.54, 1.807) is 12.1 Å². The molecule has 0 radical (unpaired) electrons. The van der Waals surface area contributed by atoms with Gasteiger partial charge in [-0.15, -0.1) is 0 Å². The van der Waals surface area contributed by atoms with Crippen LogP contribution in [0.15, 0.2) is 22.6 Å². The van der Waals surface area contributed by atoms with Crippen LogP contribution in [0.4, 0.5) is 5.69 Å². The molecule has 0 amide bonds. The second-order valence-electron chi connectivity index (χ2n) is 3.03. The van der Waals surface area contributed by atoms with Gasteiger partial charge in [0, 0.05) is 5.69 Å². The second-order valence-corrected chi connectivity index (χ2v) is 3.03. The number of fused-ring (bicyclic) bond motifs is 1. The molecule has 0 bridgehead atoms. The Labute approximate surface area is 85.0 Å². The van der Waals surface area contributed by atoms with E-state index in [-0.39, 0.29) is 11.5 Å². The Morgan fingerprint density at radius 1 is 1.53 bits per heavy atom. The van der Waals surface area contributed by atoms with Gasteiger partial charge in [-0.3, -0.25) is 0 Å². The van der Waals surface area contributed by atoms with E-state index in [9.17, 15) is 9.90 Å². The number of ether oxygens (including phenoxy) is 1. The number of rotatable bonds is 1. The fourth-order valence-electron chi connectivity index (χ4n) is 1.33. The van der Waals surface area contributed by atoms with Crippen LogP contribution < -0.4 is 5.73 Å². The van der Waals surface area contributed by atoms with E-state index in [4.69, 9.17) is 10.2 Å². The normalized spacial score (nSPS) is 10.5. The number of benzene rings is 1. The molecule has 0 aliphatic rings. The van der Waals surface area contributed by atoms with Gasteiger partial charge in [0.1, 0.15) is 5.58 Å². The van der Waals surface area contributed by atoms with E-state index in [2.05, 4.69) is 4.74 Å². The number of hydrogen-bond acceptors (Lipinski definition) is 5. The van der Waals surface area contributed by atoms with Gasteiger partial charge in [-0.1, -0.05) is 0 Å². The monoisotopic (exact) mass is 207 g/mol. The third-order valence-electron chi connectivity index (χ3n) is 2.06. The highest BCUT2D eigenvalue weighted by molar-refractivity contribution is 5.99. The molecule has 5 nitrogen and oxygen atoms in total. The van der Waals surface area contributed by atoms with E-state index < -0.39 is 5.97 Å². The number of aromatic hydroxyl groups is 1. The Bertz CT molecular complexity index is 529. The van der Waals surface area contributed by atoms with Crippen LogP contribution in [0.5, 0.6) is 5.75 Å². The number of carbonyl (C=O) groups is 1. The molecule has 0 aliphatic heterocycles. The predicted molar refractivity (Wildman–Crippen MR) is 53.6 cm³/mol. The smallest absolute Gasteiger partial charge is 0.377 e. The summed E-state index contributed by atoms with van der Waals surface area (Å²) in [5.41, 5.74) is 6.41. The van der Waals surface area contributed by atoms with Crippen molar-refractivity contribution < 1.29 is 19.1 Å². The van der Waals surface area contributed by atoms with E-state index in [0.29, 0.717) is 16.7 Å². The highest BCUT2D eigenvalue weighted by Gasteiger charge is 2.20. The average molecular weight is 207 g/mol. The van der Waals surface area contributed by atoms with Gasteiger partial charge in [0.25, 0.3) is 5.76 Å². The van der Waals surface area contributed by atoms with Crippen molar-refractivity contribution in [1.29, 1.82) is 0 Å². The Morgan fingerprint density at radius 2 is 2.27 bits per heavy atom. The molecule has 3 N–H and O–H groups in total. The van der Waals surface area contributed by atoms with Crippen LogP contribution in [0.1, 0.15) is 10.6 Å². The summed E-state index contributed by atoms with van der Waals surface area (Å²) in [5, 5.41) is 10.1. The third kappa shape index (κ3) is 1.38. The minimum absolute atomic E-state index is 0.210. The Kier molecular flexibility index (Phi) is 2.00. The summed E-state index contributed by atoms with van der Waals surface area (Å²) in [6.07, 6.45) is 0. The fraction of sp³-hybridized carbons (Fsp3) is 0.100. The summed E-state index contributed by atoms with van der Waals surface area (Å²) < 4.78 is 9.58. The summed E-state index contributed by atoms with van der Waals surface area (Å²) in [5.74, 6) is -1.18. The largest absolute Gasteiger partial charge is 0.504 e. The zero-order chi connectivity index (χ0) is 11.0. The van der Waals surface area contributed by atoms with Gasteiger partial charge in [-0.05, 0) is 18.2 Å². The summed E-state index contributed by atoms with van der Waals surface area (Å²) in [4.78, 5) is 11.2. The first-order chi connectivity index (χ1) is 7.13. The Hall–Kier alpha value is -2.17. The molecule has 1 aromatic heterocycles. The summed E-state index contributed by atoms with van der Waals surface area (Å²) in [7, 11) is 1.21. The molecule has 0 fully saturated rings. The summed E-state index contributed by atoms with van der Waals surface area (Å²) in [6, 6.07) is 4.73. The van der Waals surface area contributed by atoms with Gasteiger partial charge >= 0.3 is 5.97 Å². The van der Waals surface area contributed by atoms with E-state index in [1.165, 1.54) is 13.2 Å². The maximum absolute atomic E-state index is 11.2. The number of anilines is 1. The summed E-state index contributed by atoms with van der Waals surface area (Å²) in [6.45, 7) is 0. The van der Waals surface area contributed by atoms with E-state index in [1.807, 2.05) is 0 Å². The number of esters is 1. The number of carbonyl (C=O) groups excluding carboxylic acids is 1. The lowest BCUT2D eigenvalue weighted by molar-refractivity contribution is 0.0563. The highest BCUT2D eigenvalue weighted by Crippen LogP contribution is 2.33. The lowest BCUT2D eigenvalue weighted by Gasteiger charge is -1.93. The van der Waals surface area contributed by atoms with Crippen LogP contribution >= 0.6 is 0 Å². The Balaban J connectivity index is 2.69. The molecule has 0 saturated carbocycles. The topological polar surface area (TPSA) is 85.7 Å². The quantitative estimate of drug-likeness (QED) is 0.546. The van der Waals surface area contributed by atoms with Crippen LogP contribution in [0.25, 0.3) is 11.0 Å². The van der Waals surface area contributed by atoms with Crippen LogP contribution in [0.3, 0.4) is 0 Å². The molecule has 2 rings (SSSR count). The number of furan rings is 1.